The fourth-order valence-corrected chi connectivity index (χ4v) is 6.04. The Labute approximate surface area is 193 Å². The van der Waals surface area contributed by atoms with Crippen LogP contribution in [0.1, 0.15) is 49.6 Å². The highest BCUT2D eigenvalue weighted by Gasteiger charge is 2.33. The van der Waals surface area contributed by atoms with Crippen molar-refractivity contribution in [1.82, 2.24) is 4.98 Å². The highest BCUT2D eigenvalue weighted by atomic mass is 32.2. The number of benzene rings is 1. The van der Waals surface area contributed by atoms with E-state index in [-0.39, 0.29) is 5.41 Å². The van der Waals surface area contributed by atoms with Crippen molar-refractivity contribution in [2.45, 2.75) is 50.8 Å². The first-order chi connectivity index (χ1) is 14.9. The molecule has 31 heavy (non-hydrogen) atoms. The first-order valence-corrected chi connectivity index (χ1v) is 12.5. The van der Waals surface area contributed by atoms with Crippen LogP contribution in [-0.4, -0.2) is 12.1 Å². The Balaban J connectivity index is 1.75. The number of hydrogen-bond acceptors (Lipinski definition) is 5. The van der Waals surface area contributed by atoms with E-state index in [4.69, 9.17) is 9.72 Å². The van der Waals surface area contributed by atoms with Crippen molar-refractivity contribution in [2.75, 3.05) is 7.11 Å². The molecule has 0 radical (unpaired) electrons. The minimum absolute atomic E-state index is 0.247. The van der Waals surface area contributed by atoms with Crippen LogP contribution in [0, 0.1) is 22.7 Å². The number of thioether (sulfide) groups is 1. The lowest BCUT2D eigenvalue weighted by atomic mass is 9.70. The zero-order chi connectivity index (χ0) is 22.0. The molecule has 1 aliphatic rings. The van der Waals surface area contributed by atoms with Gasteiger partial charge in [0.05, 0.1) is 12.7 Å². The smallest absolute Gasteiger partial charge is 0.119 e. The van der Waals surface area contributed by atoms with Crippen LogP contribution in [-0.2, 0) is 18.6 Å². The molecule has 2 aromatic heterocycles. The third-order valence-electron chi connectivity index (χ3n) is 6.14. The first-order valence-electron chi connectivity index (χ1n) is 10.7. The molecule has 1 aromatic carbocycles. The molecule has 0 saturated heterocycles. The molecule has 1 atom stereocenters. The Morgan fingerprint density at radius 1 is 1.26 bits per heavy atom. The van der Waals surface area contributed by atoms with Crippen LogP contribution in [0.4, 0.5) is 0 Å². The number of aromatic nitrogens is 1. The molecule has 0 N–H and O–H groups in total. The van der Waals surface area contributed by atoms with Gasteiger partial charge in [-0.25, -0.2) is 4.98 Å². The van der Waals surface area contributed by atoms with Crippen molar-refractivity contribution >= 4 is 23.1 Å². The fraction of sp³-hybridized carbons (Fsp3) is 0.385. The van der Waals surface area contributed by atoms with E-state index in [0.29, 0.717) is 5.92 Å². The zero-order valence-corrected chi connectivity index (χ0v) is 20.2. The maximum atomic E-state index is 10.2. The van der Waals surface area contributed by atoms with Gasteiger partial charge in [0, 0.05) is 21.9 Å². The average molecular weight is 449 g/mol. The zero-order valence-electron chi connectivity index (χ0n) is 18.6. The summed E-state index contributed by atoms with van der Waals surface area (Å²) in [5, 5.41) is 13.1. The number of thiophene rings is 1. The molecule has 3 aromatic rings. The van der Waals surface area contributed by atoms with Crippen LogP contribution in [0.25, 0.3) is 10.4 Å². The number of fused-ring (bicyclic) bond motifs is 1. The van der Waals surface area contributed by atoms with E-state index in [0.717, 1.165) is 46.9 Å². The summed E-state index contributed by atoms with van der Waals surface area (Å²) in [6, 6.07) is 14.8. The summed E-state index contributed by atoms with van der Waals surface area (Å²) in [6.45, 7) is 6.97. The lowest BCUT2D eigenvalue weighted by Gasteiger charge is -2.35. The van der Waals surface area contributed by atoms with Crippen molar-refractivity contribution < 1.29 is 4.74 Å². The molecule has 0 spiro atoms. The van der Waals surface area contributed by atoms with E-state index in [1.807, 2.05) is 18.2 Å². The Hall–Kier alpha value is -2.29. The van der Waals surface area contributed by atoms with E-state index in [2.05, 4.69) is 50.4 Å². The predicted molar refractivity (Wildman–Crippen MR) is 130 cm³/mol. The minimum Gasteiger partial charge on any atom is -0.497 e. The quantitative estimate of drug-likeness (QED) is 0.389. The number of hydrogen-bond donors (Lipinski definition) is 0. The van der Waals surface area contributed by atoms with Gasteiger partial charge in [-0.15, -0.1) is 23.1 Å². The summed E-state index contributed by atoms with van der Waals surface area (Å²) in [4.78, 5) is 6.22. The third kappa shape index (κ3) is 4.66. The first kappa shape index (κ1) is 21.9. The number of nitrogens with zero attached hydrogens (tertiary/aromatic N) is 2. The number of ether oxygens (including phenoxy) is 1. The van der Waals surface area contributed by atoms with Gasteiger partial charge in [-0.05, 0) is 65.3 Å². The van der Waals surface area contributed by atoms with Crippen LogP contribution >= 0.6 is 23.1 Å². The minimum atomic E-state index is 0.247. The molecule has 3 nitrogen and oxygen atoms in total. The van der Waals surface area contributed by atoms with Crippen molar-refractivity contribution in [1.29, 1.82) is 5.26 Å². The Kier molecular flexibility index (Phi) is 6.41. The largest absolute Gasteiger partial charge is 0.497 e. The van der Waals surface area contributed by atoms with Gasteiger partial charge in [-0.2, -0.15) is 5.26 Å². The van der Waals surface area contributed by atoms with Gasteiger partial charge in [0.25, 0.3) is 0 Å². The third-order valence-corrected chi connectivity index (χ3v) is 8.08. The highest BCUT2D eigenvalue weighted by molar-refractivity contribution is 7.98. The van der Waals surface area contributed by atoms with Crippen LogP contribution in [0.15, 0.2) is 46.8 Å². The molecular weight excluding hydrogens is 420 g/mol. The Morgan fingerprint density at radius 2 is 2.10 bits per heavy atom. The standard InChI is InChI=1S/C26H28N2OS2/c1-26(2,3)18-10-11-22-20(14-18)24(23-9-6-12-30-23)21(15-27)25(28-22)31-16-17-7-5-8-19(13-17)29-4/h5-9,12-13,18H,10-11,14,16H2,1-4H3/t18-/m1/s1. The highest BCUT2D eigenvalue weighted by Crippen LogP contribution is 2.44. The molecule has 2 heterocycles. The summed E-state index contributed by atoms with van der Waals surface area (Å²) in [5.41, 5.74) is 5.72. The van der Waals surface area contributed by atoms with Crippen molar-refractivity contribution in [2.24, 2.45) is 11.3 Å². The lowest BCUT2D eigenvalue weighted by molar-refractivity contribution is 0.215. The van der Waals surface area contributed by atoms with Crippen LogP contribution in [0.3, 0.4) is 0 Å². The van der Waals surface area contributed by atoms with Crippen LogP contribution in [0.2, 0.25) is 0 Å². The maximum Gasteiger partial charge on any atom is 0.119 e. The van der Waals surface area contributed by atoms with E-state index in [1.54, 1.807) is 30.2 Å². The van der Waals surface area contributed by atoms with Crippen LogP contribution in [0.5, 0.6) is 5.75 Å². The second-order valence-electron chi connectivity index (χ2n) is 9.13. The number of nitriles is 1. The van der Waals surface area contributed by atoms with E-state index < -0.39 is 0 Å². The normalized spacial score (nSPS) is 15.9. The molecule has 4 rings (SSSR count). The SMILES string of the molecule is COc1cccc(CSc2nc3c(c(-c4cccs4)c2C#N)C[C@H](C(C)(C)C)CC3)c1. The summed E-state index contributed by atoms with van der Waals surface area (Å²) in [5.74, 6) is 2.21. The lowest BCUT2D eigenvalue weighted by Crippen LogP contribution is -2.28. The van der Waals surface area contributed by atoms with Crippen molar-refractivity contribution in [3.05, 3.63) is 64.2 Å². The molecular formula is C26H28N2OS2. The van der Waals surface area contributed by atoms with Crippen molar-refractivity contribution in [3.63, 3.8) is 0 Å². The number of aryl methyl sites for hydroxylation is 1. The summed E-state index contributed by atoms with van der Waals surface area (Å²) >= 11 is 3.36. The summed E-state index contributed by atoms with van der Waals surface area (Å²) in [6.07, 6.45) is 3.13. The molecule has 0 amide bonds. The van der Waals surface area contributed by atoms with Gasteiger partial charge in [-0.3, -0.25) is 0 Å². The Bertz CT molecular complexity index is 1110. The van der Waals surface area contributed by atoms with Gasteiger partial charge in [0.2, 0.25) is 0 Å². The fourth-order valence-electron chi connectivity index (χ4n) is 4.29. The molecule has 0 saturated carbocycles. The monoisotopic (exact) mass is 448 g/mol. The Morgan fingerprint density at radius 3 is 2.77 bits per heavy atom. The molecule has 0 bridgehead atoms. The van der Waals surface area contributed by atoms with E-state index >= 15 is 0 Å². The predicted octanol–water partition coefficient (Wildman–Crippen LogP) is 7.13. The van der Waals surface area contributed by atoms with Gasteiger partial charge < -0.3 is 4.74 Å². The van der Waals surface area contributed by atoms with Gasteiger partial charge in [-0.1, -0.05) is 39.0 Å². The van der Waals surface area contributed by atoms with E-state index in [1.165, 1.54) is 21.7 Å². The topological polar surface area (TPSA) is 45.9 Å². The van der Waals surface area contributed by atoms with Gasteiger partial charge in [0.15, 0.2) is 0 Å². The molecule has 5 heteroatoms. The van der Waals surface area contributed by atoms with Crippen LogP contribution < -0.4 is 4.74 Å². The number of methoxy groups -OCH3 is 1. The van der Waals surface area contributed by atoms with Gasteiger partial charge in [0.1, 0.15) is 16.8 Å². The maximum absolute atomic E-state index is 10.2. The molecule has 1 aliphatic carbocycles. The molecule has 0 aliphatic heterocycles. The number of rotatable bonds is 5. The molecule has 160 valence electrons. The summed E-state index contributed by atoms with van der Waals surface area (Å²) in [7, 11) is 1.68. The average Bonchev–Trinajstić information content (AvgIpc) is 3.30. The van der Waals surface area contributed by atoms with E-state index in [9.17, 15) is 5.26 Å². The summed E-state index contributed by atoms with van der Waals surface area (Å²) < 4.78 is 5.36. The number of pyridine rings is 1. The van der Waals surface area contributed by atoms with Gasteiger partial charge >= 0.3 is 0 Å². The second kappa shape index (κ2) is 9.06. The van der Waals surface area contributed by atoms with Crippen molar-refractivity contribution in [3.8, 4) is 22.3 Å². The second-order valence-corrected chi connectivity index (χ2v) is 11.0. The molecule has 0 unspecified atom stereocenters. The molecule has 0 fully saturated rings.